The van der Waals surface area contributed by atoms with Crippen LogP contribution in [0.1, 0.15) is 83.0 Å². The number of imidazole rings is 1. The summed E-state index contributed by atoms with van der Waals surface area (Å²) in [6.07, 6.45) is 2.08. The number of esters is 1. The largest absolute Gasteiger partial charge is 0.497 e. The van der Waals surface area contributed by atoms with E-state index in [0.717, 1.165) is 36.4 Å². The zero-order valence-corrected chi connectivity index (χ0v) is 27.6. The quantitative estimate of drug-likeness (QED) is 0.248. The maximum atomic E-state index is 12.8. The highest BCUT2D eigenvalue weighted by Crippen LogP contribution is 2.39. The van der Waals surface area contributed by atoms with Crippen LogP contribution in [0.15, 0.2) is 24.3 Å². The number of hydrogen-bond acceptors (Lipinski definition) is 7. The third-order valence-electron chi connectivity index (χ3n) is 8.28. The Balaban J connectivity index is 1.91. The number of piperidine rings is 1. The molecule has 0 spiro atoms. The van der Waals surface area contributed by atoms with Crippen LogP contribution >= 0.6 is 0 Å². The van der Waals surface area contributed by atoms with Crippen LogP contribution in [-0.2, 0) is 13.9 Å². The first-order valence-corrected chi connectivity index (χ1v) is 17.4. The summed E-state index contributed by atoms with van der Waals surface area (Å²) in [6.45, 7) is 18.7. The number of likely N-dealkylation sites (tertiary alicyclic amines) is 1. The number of benzene rings is 1. The van der Waals surface area contributed by atoms with Gasteiger partial charge < -0.3 is 28.5 Å². The zero-order chi connectivity index (χ0) is 30.6. The Hall–Kier alpha value is -2.85. The second kappa shape index (κ2) is 13.0. The van der Waals surface area contributed by atoms with E-state index in [4.69, 9.17) is 23.6 Å². The number of H-pyrrole nitrogens is 1. The van der Waals surface area contributed by atoms with E-state index in [2.05, 4.69) is 38.8 Å². The minimum atomic E-state index is -1.95. The van der Waals surface area contributed by atoms with Crippen LogP contribution in [0.25, 0.3) is 11.3 Å². The van der Waals surface area contributed by atoms with Crippen molar-refractivity contribution in [3.63, 3.8) is 0 Å². The molecule has 1 aliphatic heterocycles. The van der Waals surface area contributed by atoms with Crippen LogP contribution in [-0.4, -0.2) is 74.8 Å². The lowest BCUT2D eigenvalue weighted by molar-refractivity contribution is 0.0169. The maximum Gasteiger partial charge on any atom is 0.410 e. The lowest BCUT2D eigenvalue weighted by Crippen LogP contribution is -2.43. The number of carbonyl (C=O) groups is 2. The van der Waals surface area contributed by atoms with Gasteiger partial charge in [-0.25, -0.2) is 14.6 Å². The van der Waals surface area contributed by atoms with E-state index < -0.39 is 19.9 Å². The maximum absolute atomic E-state index is 12.8. The zero-order valence-electron chi connectivity index (χ0n) is 26.6. The van der Waals surface area contributed by atoms with Gasteiger partial charge in [-0.3, -0.25) is 0 Å². The number of carbonyl (C=O) groups excluding carboxylic acids is 2. The number of nitrogens with zero attached hydrogens (tertiary/aromatic N) is 2. The molecular formula is C31H49N3O6Si. The first-order valence-electron chi connectivity index (χ1n) is 14.5. The van der Waals surface area contributed by atoms with Crippen molar-refractivity contribution in [2.75, 3.05) is 33.9 Å². The summed E-state index contributed by atoms with van der Waals surface area (Å²) in [5.74, 6) is 1.26. The Morgan fingerprint density at radius 2 is 1.66 bits per heavy atom. The molecule has 1 fully saturated rings. The predicted molar refractivity (Wildman–Crippen MR) is 163 cm³/mol. The lowest BCUT2D eigenvalue weighted by atomic mass is 9.82. The smallest absolute Gasteiger partial charge is 0.410 e. The standard InChI is InChI=1S/C31H49N3O6Si/c1-30(2,3)40-29(36)34-18-15-21(16-19-34)24(17-20-39-41(9,10)31(4,5)6)27-32-25(26(33-27)28(35)38-8)22-11-13-23(37-7)14-12-22/h11-14,21,24H,15-20H2,1-10H3,(H,32,33). The number of nitrogens with one attached hydrogen (secondary N) is 1. The van der Waals surface area contributed by atoms with Crippen molar-refractivity contribution in [1.82, 2.24) is 14.9 Å². The Morgan fingerprint density at radius 1 is 1.05 bits per heavy atom. The van der Waals surface area contributed by atoms with Crippen molar-refractivity contribution in [2.24, 2.45) is 5.92 Å². The number of amides is 1. The van der Waals surface area contributed by atoms with E-state index in [1.54, 1.807) is 12.0 Å². The van der Waals surface area contributed by atoms with Crippen LogP contribution < -0.4 is 4.74 Å². The van der Waals surface area contributed by atoms with Crippen molar-refractivity contribution < 1.29 is 28.2 Å². The summed E-state index contributed by atoms with van der Waals surface area (Å²) in [5.41, 5.74) is 1.14. The molecule has 2 heterocycles. The highest BCUT2D eigenvalue weighted by molar-refractivity contribution is 6.74. The van der Waals surface area contributed by atoms with Crippen LogP contribution in [0.3, 0.4) is 0 Å². The molecule has 41 heavy (non-hydrogen) atoms. The van der Waals surface area contributed by atoms with E-state index in [9.17, 15) is 9.59 Å². The van der Waals surface area contributed by atoms with E-state index >= 15 is 0 Å². The van der Waals surface area contributed by atoms with Crippen LogP contribution in [0, 0.1) is 5.92 Å². The molecule has 1 saturated heterocycles. The molecule has 1 amide bonds. The molecule has 9 nitrogen and oxygen atoms in total. The molecule has 3 rings (SSSR count). The van der Waals surface area contributed by atoms with Crippen molar-refractivity contribution >= 4 is 20.4 Å². The Labute approximate surface area is 246 Å². The molecule has 1 unspecified atom stereocenters. The van der Waals surface area contributed by atoms with Gasteiger partial charge in [-0.05, 0) is 88.3 Å². The molecule has 1 N–H and O–H groups in total. The van der Waals surface area contributed by atoms with E-state index in [1.807, 2.05) is 45.0 Å². The van der Waals surface area contributed by atoms with Crippen LogP contribution in [0.5, 0.6) is 5.75 Å². The predicted octanol–water partition coefficient (Wildman–Crippen LogP) is 7.01. The topological polar surface area (TPSA) is 103 Å². The van der Waals surface area contributed by atoms with Crippen molar-refractivity contribution in [3.8, 4) is 17.0 Å². The molecule has 2 aromatic rings. The van der Waals surface area contributed by atoms with E-state index in [1.165, 1.54) is 7.11 Å². The van der Waals surface area contributed by atoms with Gasteiger partial charge in [-0.1, -0.05) is 20.8 Å². The fourth-order valence-corrected chi connectivity index (χ4v) is 5.90. The van der Waals surface area contributed by atoms with Crippen LogP contribution in [0.4, 0.5) is 4.79 Å². The van der Waals surface area contributed by atoms with Crippen molar-refractivity contribution in [2.45, 2.75) is 90.5 Å². The number of aromatic nitrogens is 2. The van der Waals surface area contributed by atoms with E-state index in [-0.39, 0.29) is 23.0 Å². The summed E-state index contributed by atoms with van der Waals surface area (Å²) in [6, 6.07) is 7.48. The van der Waals surface area contributed by atoms with Gasteiger partial charge in [0.1, 0.15) is 22.9 Å². The first kappa shape index (κ1) is 32.7. The Morgan fingerprint density at radius 3 is 2.17 bits per heavy atom. The first-order chi connectivity index (χ1) is 19.1. The molecule has 10 heteroatoms. The van der Waals surface area contributed by atoms with Gasteiger partial charge in [-0.15, -0.1) is 0 Å². The molecule has 1 aromatic carbocycles. The fourth-order valence-electron chi connectivity index (χ4n) is 4.84. The number of ether oxygens (including phenoxy) is 3. The van der Waals surface area contributed by atoms with Crippen molar-refractivity contribution in [1.29, 1.82) is 0 Å². The van der Waals surface area contributed by atoms with E-state index in [0.29, 0.717) is 31.1 Å². The summed E-state index contributed by atoms with van der Waals surface area (Å²) < 4.78 is 22.6. The van der Waals surface area contributed by atoms with Gasteiger partial charge in [0.2, 0.25) is 0 Å². The monoisotopic (exact) mass is 587 g/mol. The average Bonchev–Trinajstić information content (AvgIpc) is 3.34. The minimum absolute atomic E-state index is 0.0101. The molecule has 1 aromatic heterocycles. The summed E-state index contributed by atoms with van der Waals surface area (Å²) >= 11 is 0. The van der Waals surface area contributed by atoms with Gasteiger partial charge in [-0.2, -0.15) is 0 Å². The molecule has 0 radical (unpaired) electrons. The average molecular weight is 588 g/mol. The van der Waals surface area contributed by atoms with Gasteiger partial charge >= 0.3 is 12.1 Å². The normalized spacial score (nSPS) is 15.9. The highest BCUT2D eigenvalue weighted by Gasteiger charge is 2.38. The van der Waals surface area contributed by atoms with Gasteiger partial charge in [0.25, 0.3) is 0 Å². The van der Waals surface area contributed by atoms with Gasteiger partial charge in [0, 0.05) is 31.2 Å². The third-order valence-corrected chi connectivity index (χ3v) is 12.8. The Bertz CT molecular complexity index is 1170. The molecular weight excluding hydrogens is 538 g/mol. The highest BCUT2D eigenvalue weighted by atomic mass is 28.4. The molecule has 0 saturated carbocycles. The molecule has 0 aliphatic carbocycles. The number of rotatable bonds is 9. The number of methoxy groups -OCH3 is 2. The lowest BCUT2D eigenvalue weighted by Gasteiger charge is -2.38. The number of hydrogen-bond donors (Lipinski definition) is 1. The molecule has 1 atom stereocenters. The number of aromatic amines is 1. The second-order valence-corrected chi connectivity index (χ2v) is 18.2. The summed E-state index contributed by atoms with van der Waals surface area (Å²) in [4.78, 5) is 35.7. The minimum Gasteiger partial charge on any atom is -0.497 e. The summed E-state index contributed by atoms with van der Waals surface area (Å²) in [5, 5.41) is 0.103. The van der Waals surface area contributed by atoms with Gasteiger partial charge in [0.15, 0.2) is 14.0 Å². The Kier molecular flexibility index (Phi) is 10.3. The second-order valence-electron chi connectivity index (χ2n) is 13.4. The molecule has 1 aliphatic rings. The molecule has 0 bridgehead atoms. The molecule has 228 valence electrons. The SMILES string of the molecule is COC(=O)c1[nH]c(C(CCO[Si](C)(C)C(C)(C)C)C2CCN(C(=O)OC(C)(C)C)CC2)nc1-c1ccc(OC)cc1. The van der Waals surface area contributed by atoms with Crippen molar-refractivity contribution in [3.05, 3.63) is 35.8 Å². The van der Waals surface area contributed by atoms with Crippen LogP contribution in [0.2, 0.25) is 18.1 Å². The fraction of sp³-hybridized carbons (Fsp3) is 0.645. The summed E-state index contributed by atoms with van der Waals surface area (Å²) in [7, 11) is 1.04. The van der Waals surface area contributed by atoms with Gasteiger partial charge in [0.05, 0.1) is 14.2 Å². The third kappa shape index (κ3) is 8.35.